The van der Waals surface area contributed by atoms with Crippen molar-refractivity contribution in [3.8, 4) is 0 Å². The smallest absolute Gasteiger partial charge is 0.329 e. The number of nitrogen functional groups attached to an aromatic ring is 1. The number of unbranched alkanes of at least 4 members (excludes halogenated alkanes) is 6. The number of ketones is 1. The molecule has 1 fully saturated rings. The van der Waals surface area contributed by atoms with E-state index in [1.807, 2.05) is 22.0 Å². The number of aliphatic carboxylic acids is 4. The summed E-state index contributed by atoms with van der Waals surface area (Å²) in [6, 6.07) is -5.04. The Morgan fingerprint density at radius 3 is 1.66 bits per heavy atom. The summed E-state index contributed by atoms with van der Waals surface area (Å²) >= 11 is 0. The number of cyclic esters (lactones) is 1. The molecule has 10 unspecified atom stereocenters. The number of hydrogen-bond donors (Lipinski definition) is 21. The average Bonchev–Trinajstić information content (AvgIpc) is 0.839. The lowest BCUT2D eigenvalue weighted by molar-refractivity contribution is -0.156. The summed E-state index contributed by atoms with van der Waals surface area (Å²) in [5, 5.41) is 79.7. The number of amides is 14. The van der Waals surface area contributed by atoms with Crippen molar-refractivity contribution >= 4 is 135 Å². The molecule has 42 heteroatoms. The Kier molecular flexibility index (Phi) is 39.8. The molecule has 634 valence electrons. The molecular formula is C74H102N16O26. The van der Waals surface area contributed by atoms with Gasteiger partial charge in [0.1, 0.15) is 72.6 Å². The third kappa shape index (κ3) is 33.1. The van der Waals surface area contributed by atoms with E-state index in [1.165, 1.54) is 24.3 Å². The maximum absolute atomic E-state index is 14.8. The van der Waals surface area contributed by atoms with E-state index in [0.29, 0.717) is 18.4 Å². The van der Waals surface area contributed by atoms with Crippen LogP contribution in [0.25, 0.3) is 10.8 Å². The van der Waals surface area contributed by atoms with Gasteiger partial charge in [0.15, 0.2) is 5.78 Å². The molecule has 1 aliphatic rings. The number of fused-ring (bicyclic) bond motifs is 1. The maximum atomic E-state index is 14.8. The van der Waals surface area contributed by atoms with E-state index < -0.39 is 261 Å². The number of aliphatic hydroxyl groups is 1. The number of benzene rings is 3. The highest BCUT2D eigenvalue weighted by atomic mass is 16.5. The molecule has 116 heavy (non-hydrogen) atoms. The first-order chi connectivity index (χ1) is 54.8. The highest BCUT2D eigenvalue weighted by molar-refractivity contribution is 6.05. The Morgan fingerprint density at radius 1 is 0.526 bits per heavy atom. The number of esters is 1. The van der Waals surface area contributed by atoms with Gasteiger partial charge in [0.25, 0.3) is 0 Å². The molecule has 0 aromatic heterocycles. The largest absolute Gasteiger partial charge is 0.481 e. The first kappa shape index (κ1) is 95.6. The third-order valence-corrected chi connectivity index (χ3v) is 18.0. The summed E-state index contributed by atoms with van der Waals surface area (Å²) in [7, 11) is 0. The topological polar surface area (TPSA) is 686 Å². The molecule has 0 saturated carbocycles. The third-order valence-electron chi connectivity index (χ3n) is 18.0. The van der Waals surface area contributed by atoms with Crippen molar-refractivity contribution in [3.05, 3.63) is 77.9 Å². The number of nitrogens with one attached hydrogen (secondary N) is 13. The van der Waals surface area contributed by atoms with Gasteiger partial charge in [0.05, 0.1) is 51.8 Å². The normalized spacial score (nSPS) is 21.1. The highest BCUT2D eigenvalue weighted by Gasteiger charge is 2.41. The lowest BCUT2D eigenvalue weighted by Gasteiger charge is -2.30. The second kappa shape index (κ2) is 48.3. The number of anilines is 1. The SMILES string of the molecule is CCCCCCCCCC(=O)N[C@@H](Cc1ccc2ccccc2c1)C(=O)N[C@@H](CC(N)=O)C(=O)N[C@@H](CC(=O)O)C(=O)NC1C(=O)NCC(=O)NC(CCCN)C(=O)NC(CC(=O)O)C(=O)NC(C)C(=O)NC(CC(=O)O)C(=O)NCC(=O)NC(CO)C(=O)NC(C(C)CC(=O)O)C(=O)NC(CC(=O)c2ccccc2N)C(=O)OC1C. The summed E-state index contributed by atoms with van der Waals surface area (Å²) in [5.74, 6) is -29.7. The Balaban J connectivity index is 1.88. The highest BCUT2D eigenvalue weighted by Crippen LogP contribution is 2.20. The summed E-state index contributed by atoms with van der Waals surface area (Å²) in [4.78, 5) is 273. The van der Waals surface area contributed by atoms with Gasteiger partial charge < -0.3 is 117 Å². The Bertz CT molecular complexity index is 4090. The van der Waals surface area contributed by atoms with Gasteiger partial charge in [0.2, 0.25) is 82.7 Å². The molecule has 4 rings (SSSR count). The molecule has 1 heterocycles. The number of carbonyl (C=O) groups excluding carboxylic acids is 16. The van der Waals surface area contributed by atoms with Crippen LogP contribution in [-0.2, 0) is 102 Å². The molecular weight excluding hydrogens is 1530 g/mol. The van der Waals surface area contributed by atoms with Crippen LogP contribution in [0, 0.1) is 5.92 Å². The van der Waals surface area contributed by atoms with Crippen LogP contribution in [0.3, 0.4) is 0 Å². The zero-order valence-corrected chi connectivity index (χ0v) is 64.2. The molecule has 0 bridgehead atoms. The van der Waals surface area contributed by atoms with Gasteiger partial charge in [-0.1, -0.05) is 107 Å². The van der Waals surface area contributed by atoms with Crippen molar-refractivity contribution < 1.29 is 126 Å². The predicted octanol–water partition coefficient (Wildman–Crippen LogP) is -4.95. The molecule has 0 spiro atoms. The molecule has 3 aromatic carbocycles. The minimum atomic E-state index is -2.45. The fourth-order valence-corrected chi connectivity index (χ4v) is 11.8. The lowest BCUT2D eigenvalue weighted by Crippen LogP contribution is -2.62. The Hall–Kier alpha value is -12.8. The molecule has 13 atom stereocenters. The van der Waals surface area contributed by atoms with Crippen molar-refractivity contribution in [3.63, 3.8) is 0 Å². The van der Waals surface area contributed by atoms with Crippen LogP contribution in [0.2, 0.25) is 0 Å². The van der Waals surface area contributed by atoms with Crippen LogP contribution in [0.15, 0.2) is 66.7 Å². The second-order valence-corrected chi connectivity index (χ2v) is 27.6. The summed E-state index contributed by atoms with van der Waals surface area (Å²) in [6.07, 6.45) is -3.88. The average molecular weight is 1630 g/mol. The number of ether oxygens (including phenoxy) is 1. The van der Waals surface area contributed by atoms with E-state index in [2.05, 4.69) is 60.1 Å². The fraction of sp³-hybridized carbons (Fsp3) is 0.514. The first-order valence-electron chi connectivity index (χ1n) is 37.2. The van der Waals surface area contributed by atoms with Gasteiger partial charge in [-0.05, 0) is 74.0 Å². The number of hydrogen-bond acceptors (Lipinski definition) is 24. The number of carboxylic acid groups (broad SMARTS) is 4. The molecule has 42 nitrogen and oxygen atoms in total. The van der Waals surface area contributed by atoms with Crippen LogP contribution in [0.4, 0.5) is 5.69 Å². The number of para-hydroxylation sites is 1. The van der Waals surface area contributed by atoms with Gasteiger partial charge in [-0.2, -0.15) is 0 Å². The van der Waals surface area contributed by atoms with Crippen molar-refractivity contribution in [2.75, 3.05) is 32.0 Å². The van der Waals surface area contributed by atoms with E-state index in [9.17, 15) is 121 Å². The van der Waals surface area contributed by atoms with E-state index in [1.54, 1.807) is 36.4 Å². The minimum Gasteiger partial charge on any atom is -0.481 e. The fourth-order valence-electron chi connectivity index (χ4n) is 11.8. The quantitative estimate of drug-likeness (QED) is 0.0114. The summed E-state index contributed by atoms with van der Waals surface area (Å²) in [6.45, 7) is 1.12. The van der Waals surface area contributed by atoms with E-state index in [-0.39, 0.29) is 37.1 Å². The zero-order chi connectivity index (χ0) is 86.5. The number of nitrogens with two attached hydrogens (primary N) is 3. The molecule has 0 aliphatic carbocycles. The molecule has 1 saturated heterocycles. The summed E-state index contributed by atoms with van der Waals surface area (Å²) in [5.41, 5.74) is 17.5. The van der Waals surface area contributed by atoms with Crippen LogP contribution in [-0.4, -0.2) is 243 Å². The molecule has 24 N–H and O–H groups in total. The van der Waals surface area contributed by atoms with Crippen molar-refractivity contribution in [1.29, 1.82) is 0 Å². The van der Waals surface area contributed by atoms with Crippen molar-refractivity contribution in [2.45, 2.75) is 209 Å². The molecule has 1 aliphatic heterocycles. The second-order valence-electron chi connectivity index (χ2n) is 27.6. The molecule has 0 radical (unpaired) electrons. The number of carboxylic acids is 4. The standard InChI is InChI=1S/C74H102N16O26/c1-5-6-7-8-9-10-11-22-55(94)82-46(28-40-23-24-41-17-12-13-18-42(41)27-40)68(109)85-47(30-54(77)93)69(110)87-50(33-61(103)104)70(111)90-63-39(4)116-74(115)51(29-53(92)43-19-14-15-20-44(43)76)88-73(114)62(37(2)26-58(97)98)89-71(112)52(36-91)83-57(96)34-78-65(106)48(31-59(99)100)84-64(105)38(3)80-67(108)49(32-60(101)102)86-66(107)45(21-16-25-75)81-56(95)35-79-72(63)113/h12-15,17-20,23-24,27,37-39,45-52,62-63,91H,5-11,16,21-22,25-26,28-36,75-76H2,1-4H3,(H2,77,93)(H,78,106)(H,79,113)(H,80,108)(H,81,95)(H,82,94)(H,83,96)(H,84,105)(H,85,109)(H,86,107)(H,87,110)(H,88,114)(H,89,112)(H,90,111)(H,97,98)(H,99,100)(H,101,102)(H,103,104)/t37?,38?,39?,45?,46-,47-,48?,49?,50-,51?,52?,62?,63?/m0/s1. The van der Waals surface area contributed by atoms with Crippen molar-refractivity contribution in [1.82, 2.24) is 69.1 Å². The summed E-state index contributed by atoms with van der Waals surface area (Å²) < 4.78 is 5.69. The minimum absolute atomic E-state index is 0.0148. The van der Waals surface area contributed by atoms with Crippen LogP contribution in [0.5, 0.6) is 0 Å². The van der Waals surface area contributed by atoms with E-state index in [4.69, 9.17) is 21.9 Å². The first-order valence-corrected chi connectivity index (χ1v) is 37.2. The van der Waals surface area contributed by atoms with Gasteiger partial charge in [-0.25, -0.2) is 4.79 Å². The van der Waals surface area contributed by atoms with Gasteiger partial charge in [-0.15, -0.1) is 0 Å². The molecule has 14 amide bonds. The lowest BCUT2D eigenvalue weighted by atomic mass is 9.96. The van der Waals surface area contributed by atoms with Crippen LogP contribution in [0.1, 0.15) is 146 Å². The number of Topliss-reactive ketones (excluding diaryl/α,β-unsaturated/α-hetero) is 1. The van der Waals surface area contributed by atoms with Crippen LogP contribution < -0.4 is 86.3 Å². The monoisotopic (exact) mass is 1630 g/mol. The zero-order valence-electron chi connectivity index (χ0n) is 64.2. The van der Waals surface area contributed by atoms with Gasteiger partial charge in [0, 0.05) is 30.5 Å². The number of rotatable bonds is 35. The number of carbonyl (C=O) groups is 20. The van der Waals surface area contributed by atoms with Crippen LogP contribution >= 0.6 is 0 Å². The molecule has 3 aromatic rings. The van der Waals surface area contributed by atoms with Gasteiger partial charge in [-0.3, -0.25) is 91.1 Å². The Morgan fingerprint density at radius 2 is 1.06 bits per heavy atom. The van der Waals surface area contributed by atoms with Crippen molar-refractivity contribution in [2.24, 2.45) is 17.4 Å². The Labute approximate surface area is 664 Å². The van der Waals surface area contributed by atoms with Gasteiger partial charge >= 0.3 is 29.8 Å². The predicted molar refractivity (Wildman–Crippen MR) is 406 cm³/mol. The number of primary amides is 1. The maximum Gasteiger partial charge on any atom is 0.329 e. The van der Waals surface area contributed by atoms with E-state index >= 15 is 0 Å². The number of aliphatic hydroxyl groups excluding tert-OH is 1. The van der Waals surface area contributed by atoms with E-state index in [0.717, 1.165) is 63.6 Å².